The third-order valence-corrected chi connectivity index (χ3v) is 15.1. The van der Waals surface area contributed by atoms with Gasteiger partial charge in [-0.25, -0.2) is 0 Å². The second-order valence-corrected chi connectivity index (χ2v) is 18.3. The zero-order valence-corrected chi connectivity index (χ0v) is 18.8. The number of hydrogen-bond acceptors (Lipinski definition) is 2. The standard InChI is InChI=1S/2C8H8NO.C2H6Si.2ClH.Ti/c2*1-9-8(10)7-5-3-2-4-6-7;1-3-2;;;/h2*2-6H,1H2,(H,9,10);1-2H3;2*1H;/q;;;;;+2/p-2. The molecule has 8 heteroatoms. The summed E-state index contributed by atoms with van der Waals surface area (Å²) < 4.78 is 0. The van der Waals surface area contributed by atoms with E-state index in [9.17, 15) is 9.59 Å². The van der Waals surface area contributed by atoms with Gasteiger partial charge in [0.05, 0.1) is 0 Å². The number of halogens is 2. The number of benzene rings is 2. The summed E-state index contributed by atoms with van der Waals surface area (Å²) in [6.07, 6.45) is -0.490. The van der Waals surface area contributed by atoms with Gasteiger partial charge in [-0.2, -0.15) is 0 Å². The SMILES string of the molecule is C[Si](C)=[Ti+2]([CH2]NC(=O)c1ccccc1)[CH2]NC(=O)c1ccccc1.[Cl-].[Cl-]. The number of amides is 2. The predicted octanol–water partition coefficient (Wildman–Crippen LogP) is -3.36. The van der Waals surface area contributed by atoms with Crippen LogP contribution in [0.5, 0.6) is 0 Å². The molecule has 0 bridgehead atoms. The van der Waals surface area contributed by atoms with E-state index in [4.69, 9.17) is 0 Å². The summed E-state index contributed by atoms with van der Waals surface area (Å²) in [4.78, 5) is 25.8. The molecule has 0 radical (unpaired) electrons. The molecule has 0 aliphatic rings. The number of carbonyl (C=O) groups excluding carboxylic acids is 2. The number of hydrogen-bond donors (Lipinski definition) is 2. The van der Waals surface area contributed by atoms with Crippen LogP contribution in [0, 0.1) is 0 Å². The smallest absolute Gasteiger partial charge is 1.00 e. The molecule has 2 N–H and O–H groups in total. The average Bonchev–Trinajstić information content (AvgIpc) is 2.62. The molecule has 0 aliphatic carbocycles. The Morgan fingerprint density at radius 1 is 0.769 bits per heavy atom. The van der Waals surface area contributed by atoms with Gasteiger partial charge in [0.15, 0.2) is 0 Å². The van der Waals surface area contributed by atoms with Gasteiger partial charge in [-0.05, 0) is 0 Å². The van der Waals surface area contributed by atoms with Gasteiger partial charge in [0, 0.05) is 0 Å². The molecular formula is C18H22Cl2N2O2SiTi. The van der Waals surface area contributed by atoms with Crippen LogP contribution in [0.2, 0.25) is 13.1 Å². The molecule has 26 heavy (non-hydrogen) atoms. The third-order valence-electron chi connectivity index (χ3n) is 3.70. The fourth-order valence-corrected chi connectivity index (χ4v) is 8.28. The van der Waals surface area contributed by atoms with Gasteiger partial charge in [-0.15, -0.1) is 0 Å². The maximum Gasteiger partial charge on any atom is -1.00 e. The van der Waals surface area contributed by atoms with Crippen LogP contribution in [0.3, 0.4) is 0 Å². The Kier molecular flexibility index (Phi) is 12.6. The van der Waals surface area contributed by atoms with Crippen LogP contribution in [0.1, 0.15) is 20.7 Å². The van der Waals surface area contributed by atoms with Crippen molar-refractivity contribution in [3.05, 3.63) is 71.8 Å². The Morgan fingerprint density at radius 3 is 1.42 bits per heavy atom. The molecule has 0 atom stereocenters. The van der Waals surface area contributed by atoms with Crippen molar-refractivity contribution in [2.45, 2.75) is 13.1 Å². The quantitative estimate of drug-likeness (QED) is 0.457. The summed E-state index contributed by atoms with van der Waals surface area (Å²) in [5.41, 5.74) is 1.37. The summed E-state index contributed by atoms with van der Waals surface area (Å²) in [7, 11) is 0. The molecule has 2 aromatic carbocycles. The Balaban J connectivity index is 0.00000312. The van der Waals surface area contributed by atoms with Gasteiger partial charge < -0.3 is 24.8 Å². The summed E-state index contributed by atoms with van der Waals surface area (Å²) in [5, 5.41) is 6.11. The van der Waals surface area contributed by atoms with E-state index in [2.05, 4.69) is 23.7 Å². The first kappa shape index (κ1) is 24.9. The molecule has 0 spiro atoms. The normalized spacial score (nSPS) is 8.81. The minimum Gasteiger partial charge on any atom is -1.00 e. The summed E-state index contributed by atoms with van der Waals surface area (Å²) in [6.45, 7) is 4.53. The number of carbonyl (C=O) groups is 2. The van der Waals surface area contributed by atoms with Gasteiger partial charge in [-0.1, -0.05) is 0 Å². The molecule has 0 heterocycles. The van der Waals surface area contributed by atoms with E-state index >= 15 is 0 Å². The Hall–Kier alpha value is -1.11. The molecule has 2 rings (SSSR count). The maximum atomic E-state index is 12.2. The first-order chi connectivity index (χ1) is 11.6. The Morgan fingerprint density at radius 2 is 1.12 bits per heavy atom. The average molecular weight is 445 g/mol. The summed E-state index contributed by atoms with van der Waals surface area (Å²) >= 11 is -1.53. The van der Waals surface area contributed by atoms with Crippen LogP contribution in [0.25, 0.3) is 0 Å². The largest absolute Gasteiger partial charge is 1.00 e. The molecule has 0 aliphatic heterocycles. The zero-order valence-electron chi connectivity index (χ0n) is 14.8. The minimum absolute atomic E-state index is 0. The van der Waals surface area contributed by atoms with E-state index in [0.717, 1.165) is 9.70 Å². The first-order valence-electron chi connectivity index (χ1n) is 7.89. The van der Waals surface area contributed by atoms with E-state index in [-0.39, 0.29) is 36.6 Å². The van der Waals surface area contributed by atoms with Crippen molar-refractivity contribution >= 4 is 18.0 Å². The van der Waals surface area contributed by atoms with Gasteiger partial charge in [0.2, 0.25) is 0 Å². The summed E-state index contributed by atoms with van der Waals surface area (Å²) in [5.74, 6) is -0.0588. The van der Waals surface area contributed by atoms with Crippen LogP contribution >= 0.6 is 0 Å². The molecule has 0 saturated heterocycles. The van der Waals surface area contributed by atoms with Crippen LogP contribution in [0.4, 0.5) is 0 Å². The van der Waals surface area contributed by atoms with Gasteiger partial charge in [0.25, 0.3) is 0 Å². The monoisotopic (exact) mass is 444 g/mol. The number of rotatable bonds is 6. The Bertz CT molecular complexity index is 682. The van der Waals surface area contributed by atoms with E-state index in [1.165, 1.54) is 0 Å². The van der Waals surface area contributed by atoms with Gasteiger partial charge in [-0.3, -0.25) is 0 Å². The van der Waals surface area contributed by atoms with Crippen molar-refractivity contribution in [2.24, 2.45) is 0 Å². The van der Waals surface area contributed by atoms with Crippen molar-refractivity contribution in [3.8, 4) is 0 Å². The fraction of sp³-hybridized carbons (Fsp3) is 0.222. The van der Waals surface area contributed by atoms with E-state index in [0.29, 0.717) is 11.1 Å². The van der Waals surface area contributed by atoms with Crippen LogP contribution in [0.15, 0.2) is 60.7 Å². The molecule has 138 valence electrons. The van der Waals surface area contributed by atoms with E-state index in [1.54, 1.807) is 0 Å². The molecule has 0 unspecified atom stereocenters. The molecular weight excluding hydrogens is 423 g/mol. The van der Waals surface area contributed by atoms with E-state index < -0.39 is 22.8 Å². The van der Waals surface area contributed by atoms with Crippen molar-refractivity contribution in [1.29, 1.82) is 0 Å². The Labute approximate surface area is 173 Å². The molecule has 0 saturated carbocycles. The molecule has 2 amide bonds. The second-order valence-electron chi connectivity index (χ2n) is 5.70. The fourth-order valence-electron chi connectivity index (χ4n) is 2.17. The number of nitrogens with one attached hydrogen (secondary N) is 2. The minimum atomic E-state index is -1.53. The van der Waals surface area contributed by atoms with Crippen molar-refractivity contribution in [1.82, 2.24) is 10.6 Å². The van der Waals surface area contributed by atoms with Crippen LogP contribution in [-0.4, -0.2) is 27.7 Å². The maximum absolute atomic E-state index is 12.2. The van der Waals surface area contributed by atoms with E-state index in [1.807, 2.05) is 60.7 Å². The first-order valence-corrected chi connectivity index (χ1v) is 14.9. The topological polar surface area (TPSA) is 58.2 Å². The molecule has 4 nitrogen and oxygen atoms in total. The van der Waals surface area contributed by atoms with Gasteiger partial charge in [0.1, 0.15) is 0 Å². The predicted molar refractivity (Wildman–Crippen MR) is 95.0 cm³/mol. The second kappa shape index (κ2) is 13.1. The van der Waals surface area contributed by atoms with Crippen molar-refractivity contribution in [2.75, 3.05) is 9.70 Å². The zero-order chi connectivity index (χ0) is 17.4. The van der Waals surface area contributed by atoms with Crippen LogP contribution < -0.4 is 35.4 Å². The van der Waals surface area contributed by atoms with Crippen LogP contribution in [-0.2, 0) is 16.6 Å². The molecule has 2 aromatic rings. The third kappa shape index (κ3) is 8.06. The van der Waals surface area contributed by atoms with Crippen molar-refractivity contribution < 1.29 is 51.0 Å². The van der Waals surface area contributed by atoms with Gasteiger partial charge >= 0.3 is 149 Å². The summed E-state index contributed by atoms with van der Waals surface area (Å²) in [6, 6.07) is 18.5. The molecule has 0 fully saturated rings. The van der Waals surface area contributed by atoms with Crippen molar-refractivity contribution in [3.63, 3.8) is 0 Å². The molecule has 0 aromatic heterocycles.